The van der Waals surface area contributed by atoms with Crippen LogP contribution in [0.3, 0.4) is 0 Å². The number of aromatic nitrogens is 2. The van der Waals surface area contributed by atoms with Crippen LogP contribution in [0.4, 0.5) is 5.95 Å². The zero-order chi connectivity index (χ0) is 16.5. The van der Waals surface area contributed by atoms with Gasteiger partial charge in [-0.1, -0.05) is 6.92 Å². The summed E-state index contributed by atoms with van der Waals surface area (Å²) in [4.78, 5) is 27.4. The molecule has 2 atom stereocenters. The Bertz CT molecular complexity index is 717. The molecule has 0 radical (unpaired) electrons. The third kappa shape index (κ3) is 2.90. The number of rotatable bonds is 3. The number of thiophene rings is 1. The quantitative estimate of drug-likeness (QED) is 0.861. The number of anilines is 1. The fourth-order valence-corrected chi connectivity index (χ4v) is 4.60. The van der Waals surface area contributed by atoms with Gasteiger partial charge in [0, 0.05) is 48.3 Å². The Labute approximate surface area is 146 Å². The highest BCUT2D eigenvalue weighted by atomic mass is 32.1. The minimum Gasteiger partial charge on any atom is -0.338 e. The maximum atomic E-state index is 13.0. The summed E-state index contributed by atoms with van der Waals surface area (Å²) in [7, 11) is 0. The van der Waals surface area contributed by atoms with Crippen molar-refractivity contribution >= 4 is 23.2 Å². The van der Waals surface area contributed by atoms with E-state index in [2.05, 4.69) is 32.8 Å². The zero-order valence-electron chi connectivity index (χ0n) is 13.9. The van der Waals surface area contributed by atoms with Gasteiger partial charge in [0.25, 0.3) is 5.91 Å². The number of carbonyl (C=O) groups excluding carboxylic acids is 1. The summed E-state index contributed by atoms with van der Waals surface area (Å²) in [6.45, 7) is 4.75. The second-order valence-corrected chi connectivity index (χ2v) is 7.66. The normalized spacial score (nSPS) is 23.4. The molecule has 0 N–H and O–H groups in total. The topological polar surface area (TPSA) is 49.3 Å². The molecule has 3 aliphatic heterocycles. The van der Waals surface area contributed by atoms with Crippen LogP contribution in [-0.2, 0) is 6.42 Å². The standard InChI is InChI=1S/C18H22N4OS/c1-2-16-8-14(12-24-16)17(23)22-10-13-4-5-15(22)11-21(9-13)18-19-6-3-7-20-18/h3,6-8,12-13,15H,2,4-5,9-11H2,1H3. The molecule has 0 saturated carbocycles. The van der Waals surface area contributed by atoms with E-state index in [4.69, 9.17) is 0 Å². The summed E-state index contributed by atoms with van der Waals surface area (Å²) in [6, 6.07) is 4.15. The number of hydrogen-bond acceptors (Lipinski definition) is 5. The van der Waals surface area contributed by atoms with Gasteiger partial charge in [0.15, 0.2) is 0 Å². The largest absolute Gasteiger partial charge is 0.338 e. The highest BCUT2D eigenvalue weighted by Crippen LogP contribution is 2.31. The molecular weight excluding hydrogens is 320 g/mol. The van der Waals surface area contributed by atoms with Crippen LogP contribution in [0.2, 0.25) is 0 Å². The van der Waals surface area contributed by atoms with Gasteiger partial charge in [-0.3, -0.25) is 4.79 Å². The van der Waals surface area contributed by atoms with Crippen molar-refractivity contribution in [2.75, 3.05) is 24.5 Å². The molecule has 0 aromatic carbocycles. The summed E-state index contributed by atoms with van der Waals surface area (Å²) in [5.41, 5.74) is 0.854. The van der Waals surface area contributed by atoms with E-state index in [1.165, 1.54) is 11.3 Å². The smallest absolute Gasteiger partial charge is 0.255 e. The SMILES string of the molecule is CCc1cc(C(=O)N2CC3CCC2CN(c2ncccn2)C3)cs1. The summed E-state index contributed by atoms with van der Waals surface area (Å²) in [6.07, 6.45) is 6.82. The molecule has 0 spiro atoms. The molecule has 2 bridgehead atoms. The highest BCUT2D eigenvalue weighted by molar-refractivity contribution is 7.10. The van der Waals surface area contributed by atoms with Gasteiger partial charge in [0.2, 0.25) is 5.95 Å². The molecule has 3 fully saturated rings. The van der Waals surface area contributed by atoms with Gasteiger partial charge >= 0.3 is 0 Å². The lowest BCUT2D eigenvalue weighted by molar-refractivity contribution is 0.0592. The first-order valence-electron chi connectivity index (χ1n) is 8.65. The van der Waals surface area contributed by atoms with E-state index in [1.54, 1.807) is 23.7 Å². The summed E-state index contributed by atoms with van der Waals surface area (Å²) >= 11 is 1.69. The van der Waals surface area contributed by atoms with E-state index < -0.39 is 0 Å². The first-order valence-corrected chi connectivity index (χ1v) is 9.53. The first kappa shape index (κ1) is 15.6. The first-order chi connectivity index (χ1) is 11.7. The number of fused-ring (bicyclic) bond motifs is 4. The number of amides is 1. The fourth-order valence-electron chi connectivity index (χ4n) is 3.79. The van der Waals surface area contributed by atoms with Crippen LogP contribution in [0.5, 0.6) is 0 Å². The van der Waals surface area contributed by atoms with Crippen molar-refractivity contribution in [3.63, 3.8) is 0 Å². The number of nitrogens with zero attached hydrogens (tertiary/aromatic N) is 4. The third-order valence-corrected chi connectivity index (χ3v) is 6.14. The molecule has 126 valence electrons. The molecule has 3 aliphatic rings. The number of aryl methyl sites for hydroxylation is 1. The molecule has 0 aliphatic carbocycles. The van der Waals surface area contributed by atoms with Gasteiger partial charge in [-0.15, -0.1) is 11.3 Å². The van der Waals surface area contributed by atoms with Gasteiger partial charge < -0.3 is 9.80 Å². The molecule has 2 aromatic rings. The van der Waals surface area contributed by atoms with Gasteiger partial charge in [0.1, 0.15) is 0 Å². The summed E-state index contributed by atoms with van der Waals surface area (Å²) in [5.74, 6) is 1.48. The highest BCUT2D eigenvalue weighted by Gasteiger charge is 2.38. The molecule has 1 amide bonds. The van der Waals surface area contributed by atoms with Crippen molar-refractivity contribution in [1.82, 2.24) is 14.9 Å². The van der Waals surface area contributed by atoms with Gasteiger partial charge in [0.05, 0.1) is 5.56 Å². The van der Waals surface area contributed by atoms with E-state index in [0.717, 1.165) is 44.0 Å². The molecule has 3 saturated heterocycles. The molecule has 24 heavy (non-hydrogen) atoms. The minimum absolute atomic E-state index is 0.191. The van der Waals surface area contributed by atoms with Gasteiger partial charge in [-0.2, -0.15) is 0 Å². The van der Waals surface area contributed by atoms with Crippen molar-refractivity contribution in [2.24, 2.45) is 5.92 Å². The minimum atomic E-state index is 0.191. The van der Waals surface area contributed by atoms with Gasteiger partial charge in [-0.25, -0.2) is 9.97 Å². The van der Waals surface area contributed by atoms with Crippen LogP contribution >= 0.6 is 11.3 Å². The summed E-state index contributed by atoms with van der Waals surface area (Å²) in [5, 5.41) is 2.01. The Morgan fingerprint density at radius 3 is 2.83 bits per heavy atom. The lowest BCUT2D eigenvalue weighted by atomic mass is 9.94. The average Bonchev–Trinajstić information content (AvgIpc) is 2.93. The van der Waals surface area contributed by atoms with Crippen molar-refractivity contribution in [3.05, 3.63) is 40.3 Å². The lowest BCUT2D eigenvalue weighted by Gasteiger charge is -2.35. The van der Waals surface area contributed by atoms with Crippen LogP contribution in [0.15, 0.2) is 29.9 Å². The van der Waals surface area contributed by atoms with Crippen molar-refractivity contribution in [3.8, 4) is 0 Å². The van der Waals surface area contributed by atoms with Crippen LogP contribution in [-0.4, -0.2) is 46.5 Å². The maximum Gasteiger partial charge on any atom is 0.255 e. The predicted molar refractivity (Wildman–Crippen MR) is 95.5 cm³/mol. The summed E-state index contributed by atoms with van der Waals surface area (Å²) < 4.78 is 0. The Balaban J connectivity index is 1.55. The number of piperidine rings is 1. The van der Waals surface area contributed by atoms with Crippen molar-refractivity contribution in [2.45, 2.75) is 32.2 Å². The molecule has 2 aromatic heterocycles. The van der Waals surface area contributed by atoms with Gasteiger partial charge in [-0.05, 0) is 37.3 Å². The van der Waals surface area contributed by atoms with Crippen LogP contribution in [0.1, 0.15) is 35.0 Å². The average molecular weight is 342 g/mol. The Kier molecular flexibility index (Phi) is 4.22. The third-order valence-electron chi connectivity index (χ3n) is 5.06. The molecular formula is C18H22N4OS. The molecule has 5 nitrogen and oxygen atoms in total. The van der Waals surface area contributed by atoms with E-state index in [-0.39, 0.29) is 11.9 Å². The second kappa shape index (κ2) is 6.51. The Morgan fingerprint density at radius 2 is 2.08 bits per heavy atom. The van der Waals surface area contributed by atoms with E-state index in [1.807, 2.05) is 11.4 Å². The maximum absolute atomic E-state index is 13.0. The van der Waals surface area contributed by atoms with Crippen LogP contribution in [0.25, 0.3) is 0 Å². The number of carbonyl (C=O) groups is 1. The predicted octanol–water partition coefficient (Wildman–Crippen LogP) is 2.84. The zero-order valence-corrected chi connectivity index (χ0v) is 14.7. The van der Waals surface area contributed by atoms with E-state index >= 15 is 0 Å². The van der Waals surface area contributed by atoms with Crippen molar-refractivity contribution < 1.29 is 4.79 Å². The molecule has 5 rings (SSSR count). The lowest BCUT2D eigenvalue weighted by Crippen LogP contribution is -2.47. The van der Waals surface area contributed by atoms with Crippen molar-refractivity contribution in [1.29, 1.82) is 0 Å². The van der Waals surface area contributed by atoms with E-state index in [0.29, 0.717) is 5.92 Å². The Morgan fingerprint density at radius 1 is 1.25 bits per heavy atom. The number of hydrogen-bond donors (Lipinski definition) is 0. The second-order valence-electron chi connectivity index (χ2n) is 6.66. The van der Waals surface area contributed by atoms with Crippen LogP contribution < -0.4 is 4.90 Å². The van der Waals surface area contributed by atoms with E-state index in [9.17, 15) is 4.79 Å². The molecule has 6 heteroatoms. The Hall–Kier alpha value is -1.95. The van der Waals surface area contributed by atoms with Crippen LogP contribution in [0, 0.1) is 5.92 Å². The molecule has 2 unspecified atom stereocenters. The monoisotopic (exact) mass is 342 g/mol. The molecule has 5 heterocycles. The fraction of sp³-hybridized carbons (Fsp3) is 0.500.